The summed E-state index contributed by atoms with van der Waals surface area (Å²) >= 11 is 5.91. The van der Waals surface area contributed by atoms with Gasteiger partial charge in [-0.1, -0.05) is 23.7 Å². The lowest BCUT2D eigenvalue weighted by Crippen LogP contribution is -2.12. The van der Waals surface area contributed by atoms with Crippen LogP contribution in [0.15, 0.2) is 48.5 Å². The van der Waals surface area contributed by atoms with Gasteiger partial charge in [-0.2, -0.15) is 4.89 Å². The summed E-state index contributed by atoms with van der Waals surface area (Å²) in [4.78, 5) is 9.88. The molecule has 21 heavy (non-hydrogen) atoms. The van der Waals surface area contributed by atoms with Gasteiger partial charge in [0.1, 0.15) is 19.0 Å². The number of ether oxygens (including phenoxy) is 1. The van der Waals surface area contributed by atoms with Crippen LogP contribution in [0.3, 0.4) is 0 Å². The van der Waals surface area contributed by atoms with Crippen LogP contribution in [-0.2, 0) is 11.5 Å². The van der Waals surface area contributed by atoms with Crippen molar-refractivity contribution in [1.29, 1.82) is 0 Å². The molecule has 1 unspecified atom stereocenters. The summed E-state index contributed by atoms with van der Waals surface area (Å²) in [6, 6.07) is 14.6. The van der Waals surface area contributed by atoms with E-state index < -0.39 is 6.10 Å². The van der Waals surface area contributed by atoms with Crippen LogP contribution < -0.4 is 9.62 Å². The standard InChI is InChI=1S/C16H17ClO4/c1-12(18)10-20-21-16-7-5-15(6-8-16)19-11-13-3-2-4-14(17)9-13/h2-9,12,18H,10-11H2,1H3. The summed E-state index contributed by atoms with van der Waals surface area (Å²) in [7, 11) is 0. The molecule has 0 saturated heterocycles. The molecule has 5 heteroatoms. The molecule has 0 radical (unpaired) electrons. The van der Waals surface area contributed by atoms with Crippen LogP contribution in [-0.4, -0.2) is 17.8 Å². The van der Waals surface area contributed by atoms with Crippen LogP contribution in [0.1, 0.15) is 12.5 Å². The number of hydrogen-bond donors (Lipinski definition) is 1. The Kier molecular flexibility index (Phi) is 5.87. The van der Waals surface area contributed by atoms with Crippen molar-refractivity contribution in [1.82, 2.24) is 0 Å². The zero-order valence-electron chi connectivity index (χ0n) is 11.7. The first kappa shape index (κ1) is 15.6. The summed E-state index contributed by atoms with van der Waals surface area (Å²) in [5.74, 6) is 1.27. The second-order valence-corrected chi connectivity index (χ2v) is 5.04. The van der Waals surface area contributed by atoms with E-state index in [9.17, 15) is 0 Å². The first-order valence-electron chi connectivity index (χ1n) is 6.58. The van der Waals surface area contributed by atoms with Crippen LogP contribution in [0.5, 0.6) is 11.5 Å². The van der Waals surface area contributed by atoms with Gasteiger partial charge in [-0.15, -0.1) is 0 Å². The minimum absolute atomic E-state index is 0.118. The van der Waals surface area contributed by atoms with E-state index >= 15 is 0 Å². The number of aliphatic hydroxyl groups excluding tert-OH is 1. The van der Waals surface area contributed by atoms with Gasteiger partial charge in [-0.3, -0.25) is 0 Å². The summed E-state index contributed by atoms with van der Waals surface area (Å²) < 4.78 is 5.65. The van der Waals surface area contributed by atoms with Crippen molar-refractivity contribution < 1.29 is 19.6 Å². The Labute approximate surface area is 128 Å². The number of halogens is 1. The van der Waals surface area contributed by atoms with E-state index in [4.69, 9.17) is 31.2 Å². The number of hydrogen-bond acceptors (Lipinski definition) is 4. The molecule has 0 aliphatic heterocycles. The zero-order chi connectivity index (χ0) is 15.1. The molecule has 0 fully saturated rings. The lowest BCUT2D eigenvalue weighted by atomic mass is 10.2. The molecule has 0 heterocycles. The Morgan fingerprint density at radius 3 is 2.48 bits per heavy atom. The molecular formula is C16H17ClO4. The molecule has 1 atom stereocenters. The van der Waals surface area contributed by atoms with Gasteiger partial charge in [0.25, 0.3) is 0 Å². The quantitative estimate of drug-likeness (QED) is 0.627. The molecule has 0 aliphatic rings. The number of benzene rings is 2. The fourth-order valence-electron chi connectivity index (χ4n) is 1.59. The van der Waals surface area contributed by atoms with Crippen molar-refractivity contribution in [3.05, 3.63) is 59.1 Å². The second kappa shape index (κ2) is 7.88. The van der Waals surface area contributed by atoms with Gasteiger partial charge in [-0.05, 0) is 48.9 Å². The van der Waals surface area contributed by atoms with Gasteiger partial charge in [0.05, 0.1) is 6.10 Å². The fourth-order valence-corrected chi connectivity index (χ4v) is 1.80. The van der Waals surface area contributed by atoms with Gasteiger partial charge in [0.2, 0.25) is 0 Å². The van der Waals surface area contributed by atoms with Crippen LogP contribution in [0.2, 0.25) is 5.02 Å². The lowest BCUT2D eigenvalue weighted by molar-refractivity contribution is -0.221. The highest BCUT2D eigenvalue weighted by Gasteiger charge is 2.01. The first-order valence-corrected chi connectivity index (χ1v) is 6.96. The number of aliphatic hydroxyl groups is 1. The predicted molar refractivity (Wildman–Crippen MR) is 80.5 cm³/mol. The topological polar surface area (TPSA) is 47.9 Å². The van der Waals surface area contributed by atoms with Crippen molar-refractivity contribution in [3.63, 3.8) is 0 Å². The van der Waals surface area contributed by atoms with Gasteiger partial charge in [0.15, 0.2) is 5.75 Å². The highest BCUT2D eigenvalue weighted by Crippen LogP contribution is 2.19. The summed E-state index contributed by atoms with van der Waals surface area (Å²) in [5, 5.41) is 9.73. The van der Waals surface area contributed by atoms with E-state index in [-0.39, 0.29) is 6.61 Å². The predicted octanol–water partition coefficient (Wildman–Crippen LogP) is 3.61. The molecule has 1 N–H and O–H groups in total. The molecule has 0 saturated carbocycles. The summed E-state index contributed by atoms with van der Waals surface area (Å²) in [5.41, 5.74) is 1.00. The monoisotopic (exact) mass is 308 g/mol. The summed E-state index contributed by atoms with van der Waals surface area (Å²) in [6.45, 7) is 2.18. The van der Waals surface area contributed by atoms with Gasteiger partial charge in [-0.25, -0.2) is 0 Å². The SMILES string of the molecule is CC(O)COOc1ccc(OCc2cccc(Cl)c2)cc1. The smallest absolute Gasteiger partial charge is 0.165 e. The van der Waals surface area contributed by atoms with E-state index in [1.807, 2.05) is 24.3 Å². The van der Waals surface area contributed by atoms with Crippen molar-refractivity contribution in [2.24, 2.45) is 0 Å². The van der Waals surface area contributed by atoms with Crippen molar-refractivity contribution >= 4 is 11.6 Å². The van der Waals surface area contributed by atoms with E-state index in [2.05, 4.69) is 0 Å². The Balaban J connectivity index is 1.82. The zero-order valence-corrected chi connectivity index (χ0v) is 12.4. The van der Waals surface area contributed by atoms with E-state index in [1.165, 1.54) is 0 Å². The fraction of sp³-hybridized carbons (Fsp3) is 0.250. The molecule has 2 rings (SSSR count). The van der Waals surface area contributed by atoms with E-state index in [0.29, 0.717) is 17.4 Å². The Bertz CT molecular complexity index is 554. The molecule has 4 nitrogen and oxygen atoms in total. The first-order chi connectivity index (χ1) is 10.1. The van der Waals surface area contributed by atoms with Crippen molar-refractivity contribution in [2.45, 2.75) is 19.6 Å². The molecule has 0 bridgehead atoms. The Morgan fingerprint density at radius 2 is 1.81 bits per heavy atom. The van der Waals surface area contributed by atoms with Gasteiger partial charge < -0.3 is 14.7 Å². The number of rotatable bonds is 7. The molecule has 0 spiro atoms. The van der Waals surface area contributed by atoms with E-state index in [1.54, 1.807) is 31.2 Å². The Morgan fingerprint density at radius 1 is 1.10 bits per heavy atom. The molecule has 0 aliphatic carbocycles. The summed E-state index contributed by atoms with van der Waals surface area (Å²) in [6.07, 6.45) is -0.565. The minimum Gasteiger partial charge on any atom is -0.489 e. The maximum atomic E-state index is 9.04. The molecule has 0 aromatic heterocycles. The van der Waals surface area contributed by atoms with Crippen LogP contribution in [0, 0.1) is 0 Å². The highest BCUT2D eigenvalue weighted by molar-refractivity contribution is 6.30. The van der Waals surface area contributed by atoms with Gasteiger partial charge >= 0.3 is 0 Å². The average molecular weight is 309 g/mol. The largest absolute Gasteiger partial charge is 0.489 e. The molecule has 0 amide bonds. The third-order valence-corrected chi connectivity index (χ3v) is 2.82. The Hall–Kier alpha value is -1.75. The minimum atomic E-state index is -0.565. The maximum absolute atomic E-state index is 9.04. The molecule has 2 aromatic carbocycles. The molecule has 112 valence electrons. The lowest BCUT2D eigenvalue weighted by Gasteiger charge is -2.09. The normalized spacial score (nSPS) is 12.0. The highest BCUT2D eigenvalue weighted by atomic mass is 35.5. The molecular weight excluding hydrogens is 292 g/mol. The van der Waals surface area contributed by atoms with Crippen molar-refractivity contribution in [2.75, 3.05) is 6.61 Å². The van der Waals surface area contributed by atoms with Crippen LogP contribution in [0.4, 0.5) is 0 Å². The third-order valence-electron chi connectivity index (χ3n) is 2.58. The molecule has 2 aromatic rings. The van der Waals surface area contributed by atoms with Gasteiger partial charge in [0, 0.05) is 5.02 Å². The third kappa shape index (κ3) is 5.63. The maximum Gasteiger partial charge on any atom is 0.165 e. The average Bonchev–Trinajstić information content (AvgIpc) is 2.46. The van der Waals surface area contributed by atoms with Crippen LogP contribution >= 0.6 is 11.6 Å². The van der Waals surface area contributed by atoms with Crippen LogP contribution in [0.25, 0.3) is 0 Å². The van der Waals surface area contributed by atoms with Crippen molar-refractivity contribution in [3.8, 4) is 11.5 Å². The van der Waals surface area contributed by atoms with E-state index in [0.717, 1.165) is 11.3 Å². The second-order valence-electron chi connectivity index (χ2n) is 4.61.